The number of aromatic nitrogens is 2. The van der Waals surface area contributed by atoms with Crippen molar-refractivity contribution in [3.05, 3.63) is 19.3 Å². The number of amides is 1. The van der Waals surface area contributed by atoms with Crippen LogP contribution in [0.4, 0.5) is 5.95 Å². The molecule has 0 fully saturated rings. The van der Waals surface area contributed by atoms with Gasteiger partial charge >= 0.3 is 0 Å². The fraction of sp³-hybridized carbons (Fsp3) is 0.286. The molecular weight excluding hydrogens is 142 g/mol. The van der Waals surface area contributed by atoms with Crippen LogP contribution < -0.4 is 4.90 Å². The fourth-order valence-corrected chi connectivity index (χ4v) is 0.817. The average Bonchev–Trinajstić information content (AvgIpc) is 2.40. The number of nitrogens with zero attached hydrogens (tertiary/aromatic N) is 2. The molecule has 1 amide bonds. The molecule has 0 bridgehead atoms. The van der Waals surface area contributed by atoms with E-state index in [0.29, 0.717) is 12.5 Å². The molecule has 4 nitrogen and oxygen atoms in total. The first-order chi connectivity index (χ1) is 5.25. The van der Waals surface area contributed by atoms with Gasteiger partial charge in [0.2, 0.25) is 11.9 Å². The third kappa shape index (κ3) is 1.58. The Labute approximate surface area is 65.2 Å². The van der Waals surface area contributed by atoms with Crippen LogP contribution in [0.1, 0.15) is 6.92 Å². The predicted octanol–water partition coefficient (Wildman–Crippen LogP) is 0.597. The maximum Gasteiger partial charge on any atom is 0.226 e. The van der Waals surface area contributed by atoms with Crippen molar-refractivity contribution in [1.29, 1.82) is 0 Å². The number of anilines is 1. The van der Waals surface area contributed by atoms with Gasteiger partial charge in [-0.3, -0.25) is 9.69 Å². The minimum absolute atomic E-state index is 0.0602. The largest absolute Gasteiger partial charge is 0.331 e. The minimum Gasteiger partial charge on any atom is -0.331 e. The Morgan fingerprint density at radius 3 is 3.00 bits per heavy atom. The Hall–Kier alpha value is -1.32. The molecule has 1 aromatic heterocycles. The number of hydrogen-bond donors (Lipinski definition) is 1. The molecule has 1 heterocycles. The quantitative estimate of drug-likeness (QED) is 0.674. The molecule has 1 rings (SSSR count). The maximum absolute atomic E-state index is 10.9. The minimum atomic E-state index is -0.0602. The number of H-pyrrole nitrogens is 1. The van der Waals surface area contributed by atoms with E-state index in [1.807, 2.05) is 0 Å². The van der Waals surface area contributed by atoms with Gasteiger partial charge in [-0.05, 0) is 6.92 Å². The molecule has 0 aromatic carbocycles. The Morgan fingerprint density at radius 1 is 1.91 bits per heavy atom. The molecule has 1 N–H and O–H groups in total. The van der Waals surface area contributed by atoms with Gasteiger partial charge in [0.1, 0.15) is 0 Å². The second kappa shape index (κ2) is 3.18. The van der Waals surface area contributed by atoms with Crippen molar-refractivity contribution in [3.63, 3.8) is 0 Å². The zero-order valence-electron chi connectivity index (χ0n) is 6.37. The van der Waals surface area contributed by atoms with Crippen LogP contribution in [0.2, 0.25) is 0 Å². The van der Waals surface area contributed by atoms with Crippen LogP contribution in [0.15, 0.2) is 12.4 Å². The van der Waals surface area contributed by atoms with Crippen LogP contribution in [0.25, 0.3) is 0 Å². The predicted molar refractivity (Wildman–Crippen MR) is 42.0 cm³/mol. The third-order valence-corrected chi connectivity index (χ3v) is 1.34. The lowest BCUT2D eigenvalue weighted by Crippen LogP contribution is -2.28. The molecule has 4 heteroatoms. The number of aromatic amines is 1. The van der Waals surface area contributed by atoms with Crippen molar-refractivity contribution >= 4 is 11.9 Å². The van der Waals surface area contributed by atoms with Crippen LogP contribution in [-0.4, -0.2) is 22.4 Å². The molecule has 59 valence electrons. The molecule has 11 heavy (non-hydrogen) atoms. The zero-order chi connectivity index (χ0) is 8.27. The number of carbonyl (C=O) groups is 1. The van der Waals surface area contributed by atoms with E-state index in [1.165, 1.54) is 11.8 Å². The fourth-order valence-electron chi connectivity index (χ4n) is 0.817. The second-order valence-electron chi connectivity index (χ2n) is 2.08. The van der Waals surface area contributed by atoms with Gasteiger partial charge in [0.15, 0.2) is 0 Å². The van der Waals surface area contributed by atoms with Gasteiger partial charge in [0.05, 0.1) is 0 Å². The third-order valence-electron chi connectivity index (χ3n) is 1.34. The maximum atomic E-state index is 10.9. The smallest absolute Gasteiger partial charge is 0.226 e. The summed E-state index contributed by atoms with van der Waals surface area (Å²) < 4.78 is 0. The van der Waals surface area contributed by atoms with Gasteiger partial charge in [-0.1, -0.05) is 0 Å². The van der Waals surface area contributed by atoms with Crippen LogP contribution in [0.5, 0.6) is 0 Å². The van der Waals surface area contributed by atoms with Gasteiger partial charge in [-0.2, -0.15) is 0 Å². The molecule has 0 aliphatic rings. The topological polar surface area (TPSA) is 49.0 Å². The van der Waals surface area contributed by atoms with Crippen LogP contribution in [0, 0.1) is 6.92 Å². The van der Waals surface area contributed by atoms with Gasteiger partial charge in [0.25, 0.3) is 0 Å². The summed E-state index contributed by atoms with van der Waals surface area (Å²) in [5.41, 5.74) is 0. The van der Waals surface area contributed by atoms with Crippen molar-refractivity contribution in [2.24, 2.45) is 0 Å². The summed E-state index contributed by atoms with van der Waals surface area (Å²) in [4.78, 5) is 19.1. The monoisotopic (exact) mass is 152 g/mol. The lowest BCUT2D eigenvalue weighted by atomic mass is 10.5. The summed E-state index contributed by atoms with van der Waals surface area (Å²) in [5.74, 6) is 0.488. The first-order valence-electron chi connectivity index (χ1n) is 3.32. The molecule has 0 atom stereocenters. The van der Waals surface area contributed by atoms with E-state index in [0.717, 1.165) is 0 Å². The number of imidazole rings is 1. The van der Waals surface area contributed by atoms with Gasteiger partial charge in [-0.15, -0.1) is 0 Å². The number of carbonyl (C=O) groups excluding carboxylic acids is 1. The molecule has 0 spiro atoms. The van der Waals surface area contributed by atoms with E-state index in [1.54, 1.807) is 12.4 Å². The van der Waals surface area contributed by atoms with E-state index < -0.39 is 0 Å². The van der Waals surface area contributed by atoms with E-state index in [9.17, 15) is 4.79 Å². The van der Waals surface area contributed by atoms with Crippen LogP contribution >= 0.6 is 0 Å². The lowest BCUT2D eigenvalue weighted by molar-refractivity contribution is -0.116. The van der Waals surface area contributed by atoms with Crippen molar-refractivity contribution in [2.75, 3.05) is 11.4 Å². The van der Waals surface area contributed by atoms with Crippen LogP contribution in [0.3, 0.4) is 0 Å². The highest BCUT2D eigenvalue weighted by Gasteiger charge is 2.09. The summed E-state index contributed by atoms with van der Waals surface area (Å²) in [7, 11) is 0. The molecule has 0 aliphatic carbocycles. The first-order valence-corrected chi connectivity index (χ1v) is 3.32. The highest BCUT2D eigenvalue weighted by Crippen LogP contribution is 2.04. The molecule has 0 unspecified atom stereocenters. The van der Waals surface area contributed by atoms with Gasteiger partial charge in [-0.25, -0.2) is 4.98 Å². The second-order valence-corrected chi connectivity index (χ2v) is 2.08. The Balaban J connectivity index is 2.79. The summed E-state index contributed by atoms with van der Waals surface area (Å²) in [5, 5.41) is 0. The Morgan fingerprint density at radius 2 is 2.64 bits per heavy atom. The van der Waals surface area contributed by atoms with Gasteiger partial charge < -0.3 is 4.98 Å². The first kappa shape index (κ1) is 7.78. The van der Waals surface area contributed by atoms with E-state index >= 15 is 0 Å². The summed E-state index contributed by atoms with van der Waals surface area (Å²) in [6, 6.07) is 0. The standard InChI is InChI=1S/C7H10N3O/c1-3-10(6(2)11)7-8-4-5-9-7/h4-5H,1,3H2,2H3,(H,8,9). The van der Waals surface area contributed by atoms with Crippen molar-refractivity contribution in [2.45, 2.75) is 6.92 Å². The SMILES string of the molecule is [CH2]CN(C(C)=O)c1ncc[nH]1. The molecule has 1 radical (unpaired) electrons. The highest BCUT2D eigenvalue weighted by atomic mass is 16.2. The number of hydrogen-bond acceptors (Lipinski definition) is 2. The van der Waals surface area contributed by atoms with E-state index in [-0.39, 0.29) is 5.91 Å². The Kier molecular flexibility index (Phi) is 2.25. The summed E-state index contributed by atoms with van der Waals surface area (Å²) >= 11 is 0. The van der Waals surface area contributed by atoms with E-state index in [4.69, 9.17) is 0 Å². The van der Waals surface area contributed by atoms with Gasteiger partial charge in [0, 0.05) is 25.9 Å². The molecule has 0 saturated carbocycles. The summed E-state index contributed by atoms with van der Waals surface area (Å²) in [6.45, 7) is 5.48. The molecule has 0 saturated heterocycles. The lowest BCUT2D eigenvalue weighted by Gasteiger charge is -2.14. The van der Waals surface area contributed by atoms with Crippen molar-refractivity contribution in [3.8, 4) is 0 Å². The van der Waals surface area contributed by atoms with Crippen molar-refractivity contribution in [1.82, 2.24) is 9.97 Å². The molecule has 1 aromatic rings. The zero-order valence-corrected chi connectivity index (χ0v) is 6.37. The highest BCUT2D eigenvalue weighted by molar-refractivity contribution is 5.89. The van der Waals surface area contributed by atoms with E-state index in [2.05, 4.69) is 16.9 Å². The molecule has 0 aliphatic heterocycles. The number of nitrogens with one attached hydrogen (secondary N) is 1. The Bertz CT molecular complexity index is 230. The normalized spacial score (nSPS) is 9.64. The number of rotatable bonds is 2. The average molecular weight is 152 g/mol. The molecular formula is C7H10N3O. The van der Waals surface area contributed by atoms with Crippen LogP contribution in [-0.2, 0) is 4.79 Å². The van der Waals surface area contributed by atoms with Crippen molar-refractivity contribution < 1.29 is 4.79 Å². The summed E-state index contributed by atoms with van der Waals surface area (Å²) in [6.07, 6.45) is 3.27.